The molecule has 1 amide bonds. The second-order valence-electron chi connectivity index (χ2n) is 5.42. The summed E-state index contributed by atoms with van der Waals surface area (Å²) in [7, 11) is 0. The standard InChI is InChI=1S/C13H24N2O2/c1-11-4-2-6-15(9-11)10-13(16)14-8-12-5-3-7-17-12/h11-12H,2-10H2,1H3,(H,14,16)/t11-,12+/m0/s1. The van der Waals surface area contributed by atoms with E-state index in [-0.39, 0.29) is 12.0 Å². The number of amides is 1. The van der Waals surface area contributed by atoms with Crippen molar-refractivity contribution in [3.8, 4) is 0 Å². The van der Waals surface area contributed by atoms with Gasteiger partial charge in [0.25, 0.3) is 0 Å². The fourth-order valence-corrected chi connectivity index (χ4v) is 2.72. The van der Waals surface area contributed by atoms with E-state index >= 15 is 0 Å². The van der Waals surface area contributed by atoms with Gasteiger partial charge in [0.15, 0.2) is 0 Å². The molecule has 0 bridgehead atoms. The molecule has 0 saturated carbocycles. The number of carbonyl (C=O) groups is 1. The van der Waals surface area contributed by atoms with Crippen LogP contribution in [-0.2, 0) is 9.53 Å². The third-order valence-electron chi connectivity index (χ3n) is 3.66. The molecular weight excluding hydrogens is 216 g/mol. The topological polar surface area (TPSA) is 41.6 Å². The largest absolute Gasteiger partial charge is 0.376 e. The first-order valence-electron chi connectivity index (χ1n) is 6.84. The molecule has 2 heterocycles. The molecule has 0 aliphatic carbocycles. The van der Waals surface area contributed by atoms with Crippen LogP contribution in [0.25, 0.3) is 0 Å². The number of hydrogen-bond acceptors (Lipinski definition) is 3. The van der Waals surface area contributed by atoms with Crippen LogP contribution in [0.1, 0.15) is 32.6 Å². The molecule has 17 heavy (non-hydrogen) atoms. The van der Waals surface area contributed by atoms with Gasteiger partial charge in [-0.2, -0.15) is 0 Å². The van der Waals surface area contributed by atoms with Gasteiger partial charge in [-0.1, -0.05) is 6.92 Å². The average molecular weight is 240 g/mol. The van der Waals surface area contributed by atoms with Crippen LogP contribution in [0.3, 0.4) is 0 Å². The number of piperidine rings is 1. The lowest BCUT2D eigenvalue weighted by Crippen LogP contribution is -2.43. The summed E-state index contributed by atoms with van der Waals surface area (Å²) in [4.78, 5) is 14.0. The Morgan fingerprint density at radius 2 is 2.29 bits per heavy atom. The fraction of sp³-hybridized carbons (Fsp3) is 0.923. The lowest BCUT2D eigenvalue weighted by atomic mass is 10.0. The zero-order valence-electron chi connectivity index (χ0n) is 10.8. The molecule has 98 valence electrons. The summed E-state index contributed by atoms with van der Waals surface area (Å²) in [6.45, 7) is 6.48. The molecule has 4 heteroatoms. The normalized spacial score (nSPS) is 30.4. The van der Waals surface area contributed by atoms with Crippen LogP contribution in [0.5, 0.6) is 0 Å². The molecule has 1 N–H and O–H groups in total. The molecule has 2 saturated heterocycles. The maximum absolute atomic E-state index is 11.8. The maximum atomic E-state index is 11.8. The van der Waals surface area contributed by atoms with Crippen LogP contribution in [0.15, 0.2) is 0 Å². The summed E-state index contributed by atoms with van der Waals surface area (Å²) in [5.41, 5.74) is 0. The van der Waals surface area contributed by atoms with Crippen molar-refractivity contribution in [2.45, 2.75) is 38.7 Å². The molecule has 2 aliphatic heterocycles. The van der Waals surface area contributed by atoms with Gasteiger partial charge in [0.1, 0.15) is 0 Å². The minimum absolute atomic E-state index is 0.148. The monoisotopic (exact) mass is 240 g/mol. The molecule has 4 nitrogen and oxygen atoms in total. The number of rotatable bonds is 4. The zero-order valence-corrected chi connectivity index (χ0v) is 10.8. The third-order valence-corrected chi connectivity index (χ3v) is 3.66. The lowest BCUT2D eigenvalue weighted by molar-refractivity contribution is -0.123. The Morgan fingerprint density at radius 1 is 1.41 bits per heavy atom. The van der Waals surface area contributed by atoms with Gasteiger partial charge in [-0.3, -0.25) is 9.69 Å². The van der Waals surface area contributed by atoms with E-state index in [2.05, 4.69) is 17.1 Å². The predicted octanol–water partition coefficient (Wildman–Crippen LogP) is 1.01. The van der Waals surface area contributed by atoms with Crippen LogP contribution in [0, 0.1) is 5.92 Å². The van der Waals surface area contributed by atoms with Gasteiger partial charge in [-0.25, -0.2) is 0 Å². The van der Waals surface area contributed by atoms with Crippen molar-refractivity contribution >= 4 is 5.91 Å². The van der Waals surface area contributed by atoms with Gasteiger partial charge in [0, 0.05) is 19.7 Å². The van der Waals surface area contributed by atoms with Crippen molar-refractivity contribution in [2.75, 3.05) is 32.8 Å². The minimum Gasteiger partial charge on any atom is -0.376 e. The van der Waals surface area contributed by atoms with Crippen LogP contribution in [0.2, 0.25) is 0 Å². The summed E-state index contributed by atoms with van der Waals surface area (Å²) in [5.74, 6) is 0.879. The smallest absolute Gasteiger partial charge is 0.234 e. The Balaban J connectivity index is 1.62. The molecule has 0 spiro atoms. The Kier molecular flexibility index (Phi) is 4.80. The van der Waals surface area contributed by atoms with Gasteiger partial charge >= 0.3 is 0 Å². The van der Waals surface area contributed by atoms with Crippen molar-refractivity contribution in [3.05, 3.63) is 0 Å². The van der Waals surface area contributed by atoms with E-state index in [1.165, 1.54) is 12.8 Å². The van der Waals surface area contributed by atoms with E-state index in [4.69, 9.17) is 4.74 Å². The number of nitrogens with one attached hydrogen (secondary N) is 1. The molecule has 0 aromatic rings. The van der Waals surface area contributed by atoms with Gasteiger partial charge < -0.3 is 10.1 Å². The van der Waals surface area contributed by atoms with Gasteiger partial charge in [-0.05, 0) is 38.1 Å². The Morgan fingerprint density at radius 3 is 3.00 bits per heavy atom. The van der Waals surface area contributed by atoms with Crippen molar-refractivity contribution in [2.24, 2.45) is 5.92 Å². The highest BCUT2D eigenvalue weighted by Crippen LogP contribution is 2.15. The second-order valence-corrected chi connectivity index (χ2v) is 5.42. The highest BCUT2D eigenvalue weighted by molar-refractivity contribution is 5.78. The van der Waals surface area contributed by atoms with Gasteiger partial charge in [0.05, 0.1) is 12.6 Å². The predicted molar refractivity (Wildman–Crippen MR) is 66.8 cm³/mol. The Labute approximate surface area is 104 Å². The van der Waals surface area contributed by atoms with Crippen molar-refractivity contribution in [3.63, 3.8) is 0 Å². The second kappa shape index (κ2) is 6.36. The molecule has 2 rings (SSSR count). The summed E-state index contributed by atoms with van der Waals surface area (Å²) >= 11 is 0. The highest BCUT2D eigenvalue weighted by Gasteiger charge is 2.20. The Hall–Kier alpha value is -0.610. The number of ether oxygens (including phenoxy) is 1. The molecule has 2 atom stereocenters. The summed E-state index contributed by atoms with van der Waals surface area (Å²) < 4.78 is 5.48. The number of nitrogens with zero attached hydrogens (tertiary/aromatic N) is 1. The van der Waals surface area contributed by atoms with Crippen LogP contribution in [-0.4, -0.2) is 49.7 Å². The molecule has 0 aromatic heterocycles. The molecule has 2 fully saturated rings. The SMILES string of the molecule is C[C@H]1CCCN(CC(=O)NC[C@H]2CCCO2)C1. The lowest BCUT2D eigenvalue weighted by Gasteiger charge is -2.30. The zero-order chi connectivity index (χ0) is 12.1. The van der Waals surface area contributed by atoms with E-state index in [1.807, 2.05) is 0 Å². The van der Waals surface area contributed by atoms with E-state index in [0.717, 1.165) is 38.5 Å². The van der Waals surface area contributed by atoms with Crippen LogP contribution >= 0.6 is 0 Å². The molecule has 0 aromatic carbocycles. The van der Waals surface area contributed by atoms with E-state index in [0.29, 0.717) is 13.1 Å². The number of carbonyl (C=O) groups excluding carboxylic acids is 1. The summed E-state index contributed by atoms with van der Waals surface area (Å²) in [6.07, 6.45) is 4.98. The van der Waals surface area contributed by atoms with Crippen molar-refractivity contribution < 1.29 is 9.53 Å². The molecular formula is C13H24N2O2. The number of likely N-dealkylation sites (tertiary alicyclic amines) is 1. The van der Waals surface area contributed by atoms with Gasteiger partial charge in [0.2, 0.25) is 5.91 Å². The fourth-order valence-electron chi connectivity index (χ4n) is 2.72. The van der Waals surface area contributed by atoms with Crippen molar-refractivity contribution in [1.29, 1.82) is 0 Å². The third kappa shape index (κ3) is 4.28. The maximum Gasteiger partial charge on any atom is 0.234 e. The number of hydrogen-bond donors (Lipinski definition) is 1. The molecule has 2 aliphatic rings. The highest BCUT2D eigenvalue weighted by atomic mass is 16.5. The first-order chi connectivity index (χ1) is 8.24. The van der Waals surface area contributed by atoms with Crippen LogP contribution < -0.4 is 5.32 Å². The Bertz CT molecular complexity index is 252. The van der Waals surface area contributed by atoms with Gasteiger partial charge in [-0.15, -0.1) is 0 Å². The average Bonchev–Trinajstić information content (AvgIpc) is 2.79. The van der Waals surface area contributed by atoms with Crippen molar-refractivity contribution in [1.82, 2.24) is 10.2 Å². The van der Waals surface area contributed by atoms with E-state index in [9.17, 15) is 4.79 Å². The molecule has 0 unspecified atom stereocenters. The first-order valence-corrected chi connectivity index (χ1v) is 6.84. The summed E-state index contributed by atoms with van der Waals surface area (Å²) in [5, 5.41) is 2.98. The van der Waals surface area contributed by atoms with E-state index < -0.39 is 0 Å². The quantitative estimate of drug-likeness (QED) is 0.797. The van der Waals surface area contributed by atoms with E-state index in [1.54, 1.807) is 0 Å². The summed E-state index contributed by atoms with van der Waals surface area (Å²) in [6, 6.07) is 0. The minimum atomic E-state index is 0.148. The first kappa shape index (κ1) is 12.8. The molecule has 0 radical (unpaired) electrons. The van der Waals surface area contributed by atoms with Crippen LogP contribution in [0.4, 0.5) is 0 Å².